The second-order valence-electron chi connectivity index (χ2n) is 5.66. The number of hydrogen-bond donors (Lipinski definition) is 0. The van der Waals surface area contributed by atoms with Gasteiger partial charge in [0.05, 0.1) is 24.2 Å². The Labute approximate surface area is 140 Å². The maximum atomic E-state index is 12.3. The summed E-state index contributed by atoms with van der Waals surface area (Å²) in [6, 6.07) is 5.80. The van der Waals surface area contributed by atoms with Crippen LogP contribution in [0.1, 0.15) is 23.7 Å². The topological polar surface area (TPSA) is 47.4 Å². The first-order valence-electron chi connectivity index (χ1n) is 7.75. The molecule has 6 heteroatoms. The molecule has 122 valence electrons. The van der Waals surface area contributed by atoms with Crippen molar-refractivity contribution in [2.45, 2.75) is 33.0 Å². The minimum absolute atomic E-state index is 0.0940. The van der Waals surface area contributed by atoms with Crippen LogP contribution >= 0.6 is 11.6 Å². The van der Waals surface area contributed by atoms with Gasteiger partial charge in [-0.3, -0.25) is 14.3 Å². The van der Waals surface area contributed by atoms with Crippen LogP contribution in [0.2, 0.25) is 5.02 Å². The maximum Gasteiger partial charge on any atom is 0.256 e. The van der Waals surface area contributed by atoms with Crippen LogP contribution in [0.4, 0.5) is 0 Å². The zero-order valence-corrected chi connectivity index (χ0v) is 14.1. The predicted molar refractivity (Wildman–Crippen MR) is 90.0 cm³/mol. The van der Waals surface area contributed by atoms with Gasteiger partial charge in [0.15, 0.2) is 0 Å². The average molecular weight is 334 g/mol. The molecule has 0 spiro atoms. The predicted octanol–water partition coefficient (Wildman–Crippen LogP) is 2.48. The van der Waals surface area contributed by atoms with E-state index in [1.165, 1.54) is 0 Å². The van der Waals surface area contributed by atoms with Gasteiger partial charge < -0.3 is 4.74 Å². The van der Waals surface area contributed by atoms with Crippen LogP contribution in [0, 0.1) is 0 Å². The highest BCUT2D eigenvalue weighted by Crippen LogP contribution is 2.29. The van der Waals surface area contributed by atoms with Crippen molar-refractivity contribution in [2.75, 3.05) is 13.7 Å². The average Bonchev–Trinajstić information content (AvgIpc) is 2.57. The summed E-state index contributed by atoms with van der Waals surface area (Å²) in [7, 11) is 1.62. The quantitative estimate of drug-likeness (QED) is 0.862. The van der Waals surface area contributed by atoms with Gasteiger partial charge in [0.1, 0.15) is 5.75 Å². The van der Waals surface area contributed by atoms with E-state index in [1.807, 2.05) is 25.1 Å². The summed E-state index contributed by atoms with van der Waals surface area (Å²) in [5.74, 6) is 0.686. The van der Waals surface area contributed by atoms with Crippen LogP contribution in [-0.4, -0.2) is 28.1 Å². The van der Waals surface area contributed by atoms with Crippen LogP contribution < -0.4 is 10.3 Å². The lowest BCUT2D eigenvalue weighted by atomic mass is 10.1. The fraction of sp³-hybridized carbons (Fsp3) is 0.412. The lowest BCUT2D eigenvalue weighted by Gasteiger charge is -2.28. The third kappa shape index (κ3) is 3.12. The lowest BCUT2D eigenvalue weighted by molar-refractivity contribution is 0.239. The molecule has 2 aromatic rings. The Morgan fingerprint density at radius 1 is 1.39 bits per heavy atom. The zero-order chi connectivity index (χ0) is 16.4. The maximum absolute atomic E-state index is 12.3. The highest BCUT2D eigenvalue weighted by Gasteiger charge is 2.21. The highest BCUT2D eigenvalue weighted by atomic mass is 35.5. The molecule has 0 amide bonds. The van der Waals surface area contributed by atoms with E-state index in [9.17, 15) is 4.79 Å². The summed E-state index contributed by atoms with van der Waals surface area (Å²) < 4.78 is 6.93. The van der Waals surface area contributed by atoms with Crippen LogP contribution in [0.15, 0.2) is 29.3 Å². The van der Waals surface area contributed by atoms with Gasteiger partial charge in [0.25, 0.3) is 5.56 Å². The molecule has 3 rings (SSSR count). The van der Waals surface area contributed by atoms with Gasteiger partial charge in [-0.2, -0.15) is 0 Å². The summed E-state index contributed by atoms with van der Waals surface area (Å²) >= 11 is 6.37. The van der Waals surface area contributed by atoms with Gasteiger partial charge in [0, 0.05) is 31.7 Å². The van der Waals surface area contributed by atoms with E-state index in [4.69, 9.17) is 16.3 Å². The Morgan fingerprint density at radius 3 is 2.96 bits per heavy atom. The number of methoxy groups -OCH3 is 1. The molecule has 23 heavy (non-hydrogen) atoms. The number of hydrogen-bond acceptors (Lipinski definition) is 4. The van der Waals surface area contributed by atoms with Crippen molar-refractivity contribution >= 4 is 11.6 Å². The van der Waals surface area contributed by atoms with Crippen molar-refractivity contribution < 1.29 is 4.74 Å². The zero-order valence-electron chi connectivity index (χ0n) is 13.4. The van der Waals surface area contributed by atoms with Crippen LogP contribution in [0.25, 0.3) is 0 Å². The first-order chi connectivity index (χ1) is 11.1. The van der Waals surface area contributed by atoms with E-state index >= 15 is 0 Å². The third-order valence-corrected chi connectivity index (χ3v) is 4.70. The molecule has 0 saturated heterocycles. The van der Waals surface area contributed by atoms with Crippen molar-refractivity contribution in [3.63, 3.8) is 0 Å². The summed E-state index contributed by atoms with van der Waals surface area (Å²) in [6.45, 7) is 4.82. The molecule has 0 bridgehead atoms. The van der Waals surface area contributed by atoms with Gasteiger partial charge in [0.2, 0.25) is 0 Å². The molecule has 0 aliphatic carbocycles. The van der Waals surface area contributed by atoms with Gasteiger partial charge in [-0.05, 0) is 25.0 Å². The summed E-state index contributed by atoms with van der Waals surface area (Å²) in [6.07, 6.45) is 2.37. The van der Waals surface area contributed by atoms with Crippen LogP contribution in [0.3, 0.4) is 0 Å². The third-order valence-electron chi connectivity index (χ3n) is 4.27. The van der Waals surface area contributed by atoms with Gasteiger partial charge in [-0.15, -0.1) is 0 Å². The Bertz CT molecular complexity index is 773. The molecule has 0 radical (unpaired) electrons. The van der Waals surface area contributed by atoms with Crippen molar-refractivity contribution in [2.24, 2.45) is 0 Å². The molecular weight excluding hydrogens is 314 g/mol. The Balaban J connectivity index is 1.81. The Morgan fingerprint density at radius 2 is 2.22 bits per heavy atom. The molecule has 2 heterocycles. The van der Waals surface area contributed by atoms with Crippen LogP contribution in [0.5, 0.6) is 5.75 Å². The Kier molecular flexibility index (Phi) is 4.68. The molecule has 1 aliphatic rings. The minimum atomic E-state index is 0.0940. The van der Waals surface area contributed by atoms with E-state index in [2.05, 4.69) is 9.88 Å². The lowest BCUT2D eigenvalue weighted by Crippen LogP contribution is -2.36. The van der Waals surface area contributed by atoms with E-state index in [1.54, 1.807) is 18.0 Å². The summed E-state index contributed by atoms with van der Waals surface area (Å²) in [4.78, 5) is 19.0. The van der Waals surface area contributed by atoms with E-state index in [0.717, 1.165) is 29.8 Å². The van der Waals surface area contributed by atoms with Gasteiger partial charge >= 0.3 is 0 Å². The second-order valence-corrected chi connectivity index (χ2v) is 6.03. The minimum Gasteiger partial charge on any atom is -0.495 e. The van der Waals surface area contributed by atoms with Crippen molar-refractivity contribution in [1.82, 2.24) is 14.5 Å². The number of benzene rings is 1. The Hall–Kier alpha value is -1.85. The molecule has 0 atom stereocenters. The molecule has 0 N–H and O–H groups in total. The van der Waals surface area contributed by atoms with E-state index in [-0.39, 0.29) is 5.56 Å². The SMILES string of the molecule is CCn1cnc2c(c1=O)CCN(Cc1cccc(OC)c1Cl)C2. The summed E-state index contributed by atoms with van der Waals surface area (Å²) in [5, 5.41) is 0.648. The molecular formula is C17H20ClN3O2. The van der Waals surface area contributed by atoms with E-state index in [0.29, 0.717) is 30.4 Å². The molecule has 5 nitrogen and oxygen atoms in total. The first-order valence-corrected chi connectivity index (χ1v) is 8.12. The molecule has 1 aromatic carbocycles. The normalized spacial score (nSPS) is 14.6. The monoisotopic (exact) mass is 333 g/mol. The molecule has 0 fully saturated rings. The number of ether oxygens (including phenoxy) is 1. The molecule has 0 unspecified atom stereocenters. The number of fused-ring (bicyclic) bond motifs is 1. The fourth-order valence-corrected chi connectivity index (χ4v) is 3.21. The molecule has 1 aromatic heterocycles. The number of aromatic nitrogens is 2. The summed E-state index contributed by atoms with van der Waals surface area (Å²) in [5.41, 5.74) is 2.85. The first kappa shape index (κ1) is 16.0. The number of aryl methyl sites for hydroxylation is 1. The van der Waals surface area contributed by atoms with Crippen molar-refractivity contribution in [3.8, 4) is 5.75 Å². The largest absolute Gasteiger partial charge is 0.495 e. The van der Waals surface area contributed by atoms with Crippen molar-refractivity contribution in [3.05, 3.63) is 56.7 Å². The van der Waals surface area contributed by atoms with Crippen LogP contribution in [-0.2, 0) is 26.1 Å². The smallest absolute Gasteiger partial charge is 0.256 e. The van der Waals surface area contributed by atoms with E-state index < -0.39 is 0 Å². The molecule has 1 aliphatic heterocycles. The standard InChI is InChI=1S/C17H20ClN3O2/c1-3-21-11-19-14-10-20(8-7-13(14)17(21)22)9-12-5-4-6-15(23-2)16(12)18/h4-6,11H,3,7-10H2,1-2H3. The second kappa shape index (κ2) is 6.72. The number of nitrogens with zero attached hydrogens (tertiary/aromatic N) is 3. The molecule has 0 saturated carbocycles. The van der Waals surface area contributed by atoms with Crippen molar-refractivity contribution in [1.29, 1.82) is 0 Å². The number of halogens is 1. The van der Waals surface area contributed by atoms with Gasteiger partial charge in [-0.1, -0.05) is 23.7 Å². The highest BCUT2D eigenvalue weighted by molar-refractivity contribution is 6.32. The fourth-order valence-electron chi connectivity index (χ4n) is 2.95. The van der Waals surface area contributed by atoms with Gasteiger partial charge in [-0.25, -0.2) is 4.98 Å². The number of rotatable bonds is 4.